The van der Waals surface area contributed by atoms with E-state index in [2.05, 4.69) is 4.99 Å². The molecular formula is C23H21N3O4. The highest BCUT2D eigenvalue weighted by molar-refractivity contribution is 6.48. The molecule has 0 aliphatic carbocycles. The topological polar surface area (TPSA) is 83.2 Å². The molecule has 1 atom stereocenters. The van der Waals surface area contributed by atoms with Gasteiger partial charge in [-0.05, 0) is 43.2 Å². The van der Waals surface area contributed by atoms with Crippen LogP contribution in [0.5, 0.6) is 0 Å². The third kappa shape index (κ3) is 3.33. The van der Waals surface area contributed by atoms with E-state index in [0.29, 0.717) is 16.7 Å². The van der Waals surface area contributed by atoms with E-state index < -0.39 is 11.9 Å². The van der Waals surface area contributed by atoms with Crippen LogP contribution in [0.15, 0.2) is 68.8 Å². The normalized spacial score (nSPS) is 18.5. The second-order valence-electron chi connectivity index (χ2n) is 7.16. The fourth-order valence-corrected chi connectivity index (χ4v) is 3.48. The molecule has 2 heterocycles. The Balaban J connectivity index is 1.70. The maximum atomic E-state index is 13.0. The average Bonchev–Trinajstić information content (AvgIpc) is 2.97. The second kappa shape index (κ2) is 7.68. The Kier molecular flexibility index (Phi) is 5.05. The number of fused-ring (bicyclic) bond motifs is 1. The number of anilines is 1. The maximum Gasteiger partial charge on any atom is 0.313 e. The third-order valence-electron chi connectivity index (χ3n) is 5.32. The minimum Gasteiger partial charge on any atom is -0.451 e. The minimum absolute atomic E-state index is 0.0930. The number of para-hydroxylation sites is 1. The summed E-state index contributed by atoms with van der Waals surface area (Å²) in [7, 11) is 1.75. The van der Waals surface area contributed by atoms with Crippen molar-refractivity contribution >= 4 is 34.2 Å². The Morgan fingerprint density at radius 2 is 1.83 bits per heavy atom. The molecule has 0 radical (unpaired) electrons. The van der Waals surface area contributed by atoms with Crippen LogP contribution in [0.25, 0.3) is 11.0 Å². The van der Waals surface area contributed by atoms with Crippen LogP contribution >= 0.6 is 0 Å². The zero-order chi connectivity index (χ0) is 21.4. The smallest absolute Gasteiger partial charge is 0.313 e. The molecule has 0 spiro atoms. The van der Waals surface area contributed by atoms with Crippen molar-refractivity contribution in [2.24, 2.45) is 4.99 Å². The van der Waals surface area contributed by atoms with Crippen molar-refractivity contribution in [3.63, 3.8) is 0 Å². The lowest BCUT2D eigenvalue weighted by molar-refractivity contribution is -0.113. The zero-order valence-electron chi connectivity index (χ0n) is 17.0. The Labute approximate surface area is 173 Å². The molecule has 3 aromatic rings. The van der Waals surface area contributed by atoms with Gasteiger partial charge in [0.25, 0.3) is 5.91 Å². The molecule has 0 bridgehead atoms. The summed E-state index contributed by atoms with van der Waals surface area (Å²) in [4.78, 5) is 42.2. The molecule has 1 saturated heterocycles. The largest absolute Gasteiger partial charge is 0.451 e. The Morgan fingerprint density at radius 1 is 1.10 bits per heavy atom. The molecule has 7 nitrogen and oxygen atoms in total. The lowest BCUT2D eigenvalue weighted by Crippen LogP contribution is -2.38. The first kappa shape index (κ1) is 19.7. The molecule has 0 saturated carbocycles. The number of hydrazine groups is 1. The SMILES string of the molecule is CCc1ccc2oc(C(=O)N=C3C(=O)N(c4ccccc4)N(C)C3C)cc(=O)c2c1. The fraction of sp³-hybridized carbons (Fsp3) is 0.217. The monoisotopic (exact) mass is 403 g/mol. The van der Waals surface area contributed by atoms with Crippen LogP contribution in [0.1, 0.15) is 30.0 Å². The lowest BCUT2D eigenvalue weighted by Gasteiger charge is -2.25. The molecule has 2 amide bonds. The third-order valence-corrected chi connectivity index (χ3v) is 5.32. The molecule has 0 N–H and O–H groups in total. The van der Waals surface area contributed by atoms with Crippen molar-refractivity contribution in [2.45, 2.75) is 26.3 Å². The first-order valence-corrected chi connectivity index (χ1v) is 9.72. The van der Waals surface area contributed by atoms with E-state index in [1.807, 2.05) is 31.2 Å². The maximum absolute atomic E-state index is 13.0. The van der Waals surface area contributed by atoms with E-state index in [1.165, 1.54) is 5.01 Å². The summed E-state index contributed by atoms with van der Waals surface area (Å²) < 4.78 is 5.63. The number of hydrogen-bond acceptors (Lipinski definition) is 5. The number of aryl methyl sites for hydroxylation is 1. The van der Waals surface area contributed by atoms with Crippen LogP contribution in [0.4, 0.5) is 5.69 Å². The summed E-state index contributed by atoms with van der Waals surface area (Å²) in [6.07, 6.45) is 0.787. The predicted molar refractivity (Wildman–Crippen MR) is 115 cm³/mol. The summed E-state index contributed by atoms with van der Waals surface area (Å²) in [6.45, 7) is 3.78. The minimum atomic E-state index is -0.757. The van der Waals surface area contributed by atoms with Crippen molar-refractivity contribution in [3.05, 3.63) is 76.1 Å². The van der Waals surface area contributed by atoms with E-state index in [0.717, 1.165) is 18.1 Å². The van der Waals surface area contributed by atoms with Crippen molar-refractivity contribution in [1.29, 1.82) is 0 Å². The number of benzene rings is 2. The number of nitrogens with zero attached hydrogens (tertiary/aromatic N) is 3. The van der Waals surface area contributed by atoms with Gasteiger partial charge in [-0.1, -0.05) is 31.2 Å². The van der Waals surface area contributed by atoms with Gasteiger partial charge in [-0.2, -0.15) is 0 Å². The average molecular weight is 403 g/mol. The Morgan fingerprint density at radius 3 is 2.53 bits per heavy atom. The van der Waals surface area contributed by atoms with Crippen LogP contribution < -0.4 is 10.4 Å². The molecule has 1 aliphatic rings. The molecule has 2 aromatic carbocycles. The molecule has 1 unspecified atom stereocenters. The van der Waals surface area contributed by atoms with Crippen molar-refractivity contribution < 1.29 is 14.0 Å². The molecule has 7 heteroatoms. The molecule has 30 heavy (non-hydrogen) atoms. The number of amides is 2. The standard InChI is InChI=1S/C23H21N3O4/c1-4-15-10-11-19-17(12-15)18(27)13-20(30-19)22(28)24-21-14(2)25(3)26(23(21)29)16-8-6-5-7-9-16/h5-14H,4H2,1-3H3. The molecular weight excluding hydrogens is 382 g/mol. The number of carbonyl (C=O) groups excluding carboxylic acids is 2. The van der Waals surface area contributed by atoms with Gasteiger partial charge in [-0.15, -0.1) is 0 Å². The zero-order valence-corrected chi connectivity index (χ0v) is 17.0. The van der Waals surface area contributed by atoms with E-state index >= 15 is 0 Å². The molecule has 152 valence electrons. The van der Waals surface area contributed by atoms with Crippen LogP contribution in [-0.2, 0) is 11.2 Å². The van der Waals surface area contributed by atoms with Crippen LogP contribution in [0.2, 0.25) is 0 Å². The lowest BCUT2D eigenvalue weighted by atomic mass is 10.1. The van der Waals surface area contributed by atoms with Gasteiger partial charge < -0.3 is 4.42 Å². The van der Waals surface area contributed by atoms with Gasteiger partial charge in [0.15, 0.2) is 11.2 Å². The van der Waals surface area contributed by atoms with Crippen LogP contribution in [-0.4, -0.2) is 35.6 Å². The first-order valence-electron chi connectivity index (χ1n) is 9.72. The van der Waals surface area contributed by atoms with Crippen molar-refractivity contribution in [1.82, 2.24) is 5.01 Å². The summed E-state index contributed by atoms with van der Waals surface area (Å²) in [5.74, 6) is -1.34. The number of carbonyl (C=O) groups is 2. The van der Waals surface area contributed by atoms with Gasteiger partial charge >= 0.3 is 5.91 Å². The molecule has 1 fully saturated rings. The predicted octanol–water partition coefficient (Wildman–Crippen LogP) is 3.22. The number of rotatable bonds is 3. The van der Waals surface area contributed by atoms with Crippen LogP contribution in [0.3, 0.4) is 0 Å². The second-order valence-corrected chi connectivity index (χ2v) is 7.16. The quantitative estimate of drug-likeness (QED) is 0.671. The van der Waals surface area contributed by atoms with E-state index in [-0.39, 0.29) is 22.8 Å². The van der Waals surface area contributed by atoms with Gasteiger partial charge in [-0.3, -0.25) is 14.4 Å². The summed E-state index contributed by atoms with van der Waals surface area (Å²) >= 11 is 0. The van der Waals surface area contributed by atoms with E-state index in [4.69, 9.17) is 4.42 Å². The van der Waals surface area contributed by atoms with E-state index in [1.54, 1.807) is 43.2 Å². The number of aliphatic imine (C=N–C) groups is 1. The number of hydrogen-bond donors (Lipinski definition) is 0. The van der Waals surface area contributed by atoms with E-state index in [9.17, 15) is 14.4 Å². The molecule has 1 aromatic heterocycles. The summed E-state index contributed by atoms with van der Waals surface area (Å²) in [5.41, 5.74) is 1.78. The summed E-state index contributed by atoms with van der Waals surface area (Å²) in [5, 5.41) is 3.60. The fourth-order valence-electron chi connectivity index (χ4n) is 3.48. The van der Waals surface area contributed by atoms with Crippen LogP contribution in [0, 0.1) is 0 Å². The highest BCUT2D eigenvalue weighted by Crippen LogP contribution is 2.24. The Bertz CT molecular complexity index is 1230. The van der Waals surface area contributed by atoms with Crippen molar-refractivity contribution in [2.75, 3.05) is 12.1 Å². The van der Waals surface area contributed by atoms with Crippen molar-refractivity contribution in [3.8, 4) is 0 Å². The highest BCUT2D eigenvalue weighted by Gasteiger charge is 2.40. The van der Waals surface area contributed by atoms with Gasteiger partial charge in [0.05, 0.1) is 17.1 Å². The molecule has 4 rings (SSSR count). The molecule has 1 aliphatic heterocycles. The van der Waals surface area contributed by atoms with Gasteiger partial charge in [0, 0.05) is 13.1 Å². The summed E-state index contributed by atoms with van der Waals surface area (Å²) in [6, 6.07) is 15.1. The van der Waals surface area contributed by atoms with Gasteiger partial charge in [-0.25, -0.2) is 15.0 Å². The van der Waals surface area contributed by atoms with Gasteiger partial charge in [0.2, 0.25) is 0 Å². The highest BCUT2D eigenvalue weighted by atomic mass is 16.3. The Hall–Kier alpha value is -3.58. The first-order chi connectivity index (χ1) is 14.4. The van der Waals surface area contributed by atoms with Gasteiger partial charge in [0.1, 0.15) is 11.3 Å².